The summed E-state index contributed by atoms with van der Waals surface area (Å²) in [4.78, 5) is 11.2. The molecule has 3 heteroatoms. The van der Waals surface area contributed by atoms with Gasteiger partial charge in [0.15, 0.2) is 0 Å². The molecule has 0 amide bonds. The van der Waals surface area contributed by atoms with E-state index in [1.165, 1.54) is 44.9 Å². The van der Waals surface area contributed by atoms with Gasteiger partial charge in [-0.3, -0.25) is 4.79 Å². The Kier molecular flexibility index (Phi) is 17.1. The second-order valence-corrected chi connectivity index (χ2v) is 7.24. The third-order valence-corrected chi connectivity index (χ3v) is 4.90. The zero-order valence-electron chi connectivity index (χ0n) is 16.3. The van der Waals surface area contributed by atoms with Crippen LogP contribution in [-0.4, -0.2) is 28.2 Å². The molecule has 0 aliphatic rings. The van der Waals surface area contributed by atoms with Crippen molar-refractivity contribution in [3.8, 4) is 0 Å². The summed E-state index contributed by atoms with van der Waals surface area (Å²) in [6.07, 6.45) is 15.7. The van der Waals surface area contributed by atoms with Gasteiger partial charge in [0.05, 0.1) is 12.2 Å². The SMILES string of the molecule is CCCCCCCC(O)C(O)CCCCCCCCCC(=O)CC. The fourth-order valence-electron chi connectivity index (χ4n) is 3.08. The van der Waals surface area contributed by atoms with E-state index >= 15 is 0 Å². The largest absolute Gasteiger partial charge is 0.390 e. The molecule has 0 saturated carbocycles. The zero-order chi connectivity index (χ0) is 18.0. The lowest BCUT2D eigenvalue weighted by Crippen LogP contribution is -2.25. The van der Waals surface area contributed by atoms with E-state index < -0.39 is 12.2 Å². The first kappa shape index (κ1) is 23.6. The van der Waals surface area contributed by atoms with Gasteiger partial charge in [0, 0.05) is 12.8 Å². The minimum absolute atomic E-state index is 0.382. The number of hydrogen-bond acceptors (Lipinski definition) is 3. The van der Waals surface area contributed by atoms with Crippen LogP contribution in [0.4, 0.5) is 0 Å². The average molecular weight is 343 g/mol. The summed E-state index contributed by atoms with van der Waals surface area (Å²) >= 11 is 0. The second kappa shape index (κ2) is 17.4. The minimum Gasteiger partial charge on any atom is -0.390 e. The topological polar surface area (TPSA) is 57.5 Å². The van der Waals surface area contributed by atoms with Crippen molar-refractivity contribution >= 4 is 5.78 Å². The number of carbonyl (C=O) groups is 1. The van der Waals surface area contributed by atoms with Crippen molar-refractivity contribution in [3.63, 3.8) is 0 Å². The third-order valence-electron chi connectivity index (χ3n) is 4.90. The summed E-state index contributed by atoms with van der Waals surface area (Å²) in [5, 5.41) is 19.9. The van der Waals surface area contributed by atoms with Gasteiger partial charge in [-0.25, -0.2) is 0 Å². The van der Waals surface area contributed by atoms with Gasteiger partial charge in [-0.2, -0.15) is 0 Å². The highest BCUT2D eigenvalue weighted by molar-refractivity contribution is 5.77. The lowest BCUT2D eigenvalue weighted by molar-refractivity contribution is -0.118. The summed E-state index contributed by atoms with van der Waals surface area (Å²) in [7, 11) is 0. The molecule has 0 aliphatic heterocycles. The Morgan fingerprint density at radius 2 is 1.08 bits per heavy atom. The molecule has 0 aromatic rings. The van der Waals surface area contributed by atoms with E-state index in [4.69, 9.17) is 0 Å². The molecule has 2 unspecified atom stereocenters. The van der Waals surface area contributed by atoms with E-state index in [0.29, 0.717) is 12.2 Å². The molecule has 0 saturated heterocycles. The molecule has 0 bridgehead atoms. The number of ketones is 1. The van der Waals surface area contributed by atoms with Gasteiger partial charge in [0.2, 0.25) is 0 Å². The number of aliphatic hydroxyl groups excluding tert-OH is 2. The Morgan fingerprint density at radius 3 is 1.54 bits per heavy atom. The van der Waals surface area contributed by atoms with E-state index in [-0.39, 0.29) is 0 Å². The van der Waals surface area contributed by atoms with Crippen molar-refractivity contribution in [2.45, 2.75) is 129 Å². The average Bonchev–Trinajstić information content (AvgIpc) is 2.59. The molecule has 0 rings (SSSR count). The molecule has 2 N–H and O–H groups in total. The molecule has 0 aliphatic carbocycles. The van der Waals surface area contributed by atoms with Crippen LogP contribution < -0.4 is 0 Å². The zero-order valence-corrected chi connectivity index (χ0v) is 16.3. The van der Waals surface area contributed by atoms with Gasteiger partial charge < -0.3 is 10.2 Å². The van der Waals surface area contributed by atoms with Crippen LogP contribution in [-0.2, 0) is 4.79 Å². The predicted octanol–water partition coefficient (Wildman–Crippen LogP) is 5.56. The fourth-order valence-corrected chi connectivity index (χ4v) is 3.08. The first-order valence-electron chi connectivity index (χ1n) is 10.5. The van der Waals surface area contributed by atoms with Gasteiger partial charge >= 0.3 is 0 Å². The summed E-state index contributed by atoms with van der Waals surface area (Å²) in [6.45, 7) is 4.13. The van der Waals surface area contributed by atoms with Gasteiger partial charge in [0.1, 0.15) is 5.78 Å². The van der Waals surface area contributed by atoms with Crippen LogP contribution in [0.1, 0.15) is 117 Å². The normalized spacial score (nSPS) is 13.8. The minimum atomic E-state index is -0.545. The van der Waals surface area contributed by atoms with Crippen LogP contribution in [0.2, 0.25) is 0 Å². The van der Waals surface area contributed by atoms with Crippen LogP contribution >= 0.6 is 0 Å². The molecular formula is C21H42O3. The van der Waals surface area contributed by atoms with E-state index in [2.05, 4.69) is 6.92 Å². The maximum Gasteiger partial charge on any atom is 0.132 e. The highest BCUT2D eigenvalue weighted by atomic mass is 16.3. The molecule has 0 aromatic heterocycles. The number of aliphatic hydroxyl groups is 2. The first-order chi connectivity index (χ1) is 11.6. The van der Waals surface area contributed by atoms with Gasteiger partial charge in [-0.15, -0.1) is 0 Å². The van der Waals surface area contributed by atoms with Crippen LogP contribution in [0.3, 0.4) is 0 Å². The Morgan fingerprint density at radius 1 is 0.667 bits per heavy atom. The summed E-state index contributed by atoms with van der Waals surface area (Å²) in [6, 6.07) is 0. The monoisotopic (exact) mass is 342 g/mol. The number of Topliss-reactive ketones (excluding diaryl/α,β-unsaturated/α-hetero) is 1. The summed E-state index contributed by atoms with van der Waals surface area (Å²) in [5.74, 6) is 0.382. The quantitative estimate of drug-likeness (QED) is 0.321. The van der Waals surface area contributed by atoms with Crippen molar-refractivity contribution < 1.29 is 15.0 Å². The van der Waals surface area contributed by atoms with Crippen LogP contribution in [0.15, 0.2) is 0 Å². The predicted molar refractivity (Wildman–Crippen MR) is 102 cm³/mol. The van der Waals surface area contributed by atoms with Crippen LogP contribution in [0, 0.1) is 0 Å². The van der Waals surface area contributed by atoms with E-state index in [0.717, 1.165) is 51.4 Å². The fraction of sp³-hybridized carbons (Fsp3) is 0.952. The summed E-state index contributed by atoms with van der Waals surface area (Å²) in [5.41, 5.74) is 0. The Labute approximate surface area is 150 Å². The molecule has 24 heavy (non-hydrogen) atoms. The van der Waals surface area contributed by atoms with Crippen molar-refractivity contribution in [1.82, 2.24) is 0 Å². The molecule has 2 atom stereocenters. The standard InChI is InChI=1S/C21H42O3/c1-3-5-6-10-14-17-20(23)21(24)18-15-12-9-7-8-11-13-16-19(22)4-2/h20-21,23-24H,3-18H2,1-2H3. The molecule has 0 radical (unpaired) electrons. The Balaban J connectivity index is 3.35. The number of rotatable bonds is 18. The highest BCUT2D eigenvalue weighted by Crippen LogP contribution is 2.15. The number of carbonyl (C=O) groups excluding carboxylic acids is 1. The number of unbranched alkanes of at least 4 members (excludes halogenated alkanes) is 10. The maximum atomic E-state index is 11.2. The molecular weight excluding hydrogens is 300 g/mol. The number of hydrogen-bond donors (Lipinski definition) is 2. The van der Waals surface area contributed by atoms with Crippen molar-refractivity contribution in [2.24, 2.45) is 0 Å². The highest BCUT2D eigenvalue weighted by Gasteiger charge is 2.15. The molecule has 3 nitrogen and oxygen atoms in total. The molecule has 0 spiro atoms. The Bertz CT molecular complexity index is 278. The van der Waals surface area contributed by atoms with Gasteiger partial charge in [0.25, 0.3) is 0 Å². The molecule has 0 aromatic carbocycles. The van der Waals surface area contributed by atoms with Crippen molar-refractivity contribution in [3.05, 3.63) is 0 Å². The first-order valence-corrected chi connectivity index (χ1v) is 10.5. The van der Waals surface area contributed by atoms with Crippen LogP contribution in [0.5, 0.6) is 0 Å². The van der Waals surface area contributed by atoms with E-state index in [1.807, 2.05) is 6.92 Å². The van der Waals surface area contributed by atoms with E-state index in [9.17, 15) is 15.0 Å². The lowest BCUT2D eigenvalue weighted by atomic mass is 9.99. The van der Waals surface area contributed by atoms with E-state index in [1.54, 1.807) is 0 Å². The molecule has 0 heterocycles. The lowest BCUT2D eigenvalue weighted by Gasteiger charge is -2.17. The smallest absolute Gasteiger partial charge is 0.132 e. The third kappa shape index (κ3) is 15.1. The molecule has 0 fully saturated rings. The van der Waals surface area contributed by atoms with Crippen molar-refractivity contribution in [1.29, 1.82) is 0 Å². The van der Waals surface area contributed by atoms with Crippen LogP contribution in [0.25, 0.3) is 0 Å². The molecule has 144 valence electrons. The summed E-state index contributed by atoms with van der Waals surface area (Å²) < 4.78 is 0. The van der Waals surface area contributed by atoms with Gasteiger partial charge in [-0.05, 0) is 19.3 Å². The second-order valence-electron chi connectivity index (χ2n) is 7.24. The Hall–Kier alpha value is -0.410. The van der Waals surface area contributed by atoms with Crippen molar-refractivity contribution in [2.75, 3.05) is 0 Å². The van der Waals surface area contributed by atoms with Gasteiger partial charge in [-0.1, -0.05) is 84.5 Å². The maximum absolute atomic E-state index is 11.2.